The number of amides is 1. The van der Waals surface area contributed by atoms with Gasteiger partial charge in [-0.2, -0.15) is 0 Å². The van der Waals surface area contributed by atoms with Crippen LogP contribution in [0.1, 0.15) is 41.6 Å². The minimum atomic E-state index is -0.218. The van der Waals surface area contributed by atoms with Crippen LogP contribution in [0.5, 0.6) is 0 Å². The van der Waals surface area contributed by atoms with Crippen LogP contribution < -0.4 is 5.32 Å². The molecule has 1 atom stereocenters. The Morgan fingerprint density at radius 3 is 2.71 bits per heavy atom. The molecule has 1 N–H and O–H groups in total. The predicted molar refractivity (Wildman–Crippen MR) is 86.4 cm³/mol. The maximum absolute atomic E-state index is 12.7. The van der Waals surface area contributed by atoms with Crippen LogP contribution in [0.4, 0.5) is 0 Å². The molecule has 0 aromatic carbocycles. The zero-order valence-corrected chi connectivity index (χ0v) is 14.0. The number of rotatable bonds is 6. The molecule has 0 radical (unpaired) electrons. The van der Waals surface area contributed by atoms with Crippen molar-refractivity contribution in [2.75, 3.05) is 27.2 Å². The maximum atomic E-state index is 12.7. The standard InChI is InChI=1S/C16H25N3OS/c1-12-6-7-13(21-12)14-17-16(8-9-16)15(20)19(14)11-5-4-10-18(2)3/h6-7,14,17H,4-5,8-11H2,1-3H3. The molecule has 1 saturated heterocycles. The quantitative estimate of drug-likeness (QED) is 0.820. The SMILES string of the molecule is Cc1ccc(C2NC3(CC3)C(=O)N2CCCCN(C)C)s1. The Kier molecular flexibility index (Phi) is 4.08. The van der Waals surface area contributed by atoms with Crippen molar-refractivity contribution < 1.29 is 4.79 Å². The van der Waals surface area contributed by atoms with Gasteiger partial charge in [0.15, 0.2) is 0 Å². The predicted octanol–water partition coefficient (Wildman–Crippen LogP) is 2.36. The van der Waals surface area contributed by atoms with Crippen LogP contribution in [0, 0.1) is 6.92 Å². The van der Waals surface area contributed by atoms with E-state index in [4.69, 9.17) is 0 Å². The summed E-state index contributed by atoms with van der Waals surface area (Å²) in [6, 6.07) is 4.31. The Labute approximate surface area is 131 Å². The summed E-state index contributed by atoms with van der Waals surface area (Å²) in [4.78, 5) is 19.5. The molecule has 1 aliphatic heterocycles. The van der Waals surface area contributed by atoms with E-state index in [1.54, 1.807) is 11.3 Å². The van der Waals surface area contributed by atoms with Crippen LogP contribution >= 0.6 is 11.3 Å². The van der Waals surface area contributed by atoms with Crippen molar-refractivity contribution in [2.24, 2.45) is 0 Å². The summed E-state index contributed by atoms with van der Waals surface area (Å²) < 4.78 is 0. The highest BCUT2D eigenvalue weighted by molar-refractivity contribution is 7.12. The van der Waals surface area contributed by atoms with Gasteiger partial charge in [0.2, 0.25) is 5.91 Å². The van der Waals surface area contributed by atoms with Gasteiger partial charge in [0.05, 0.1) is 0 Å². The molecular weight excluding hydrogens is 282 g/mol. The summed E-state index contributed by atoms with van der Waals surface area (Å²) in [6.07, 6.45) is 4.31. The molecule has 1 aliphatic carbocycles. The first-order valence-corrected chi connectivity index (χ1v) is 8.63. The van der Waals surface area contributed by atoms with E-state index in [0.29, 0.717) is 5.91 Å². The number of nitrogens with zero attached hydrogens (tertiary/aromatic N) is 2. The van der Waals surface area contributed by atoms with E-state index in [0.717, 1.165) is 38.8 Å². The second kappa shape index (κ2) is 5.71. The molecule has 1 aromatic rings. The first-order chi connectivity index (χ1) is 10.0. The van der Waals surface area contributed by atoms with Gasteiger partial charge in [0, 0.05) is 16.3 Å². The summed E-state index contributed by atoms with van der Waals surface area (Å²) in [7, 11) is 4.19. The fraction of sp³-hybridized carbons (Fsp3) is 0.688. The van der Waals surface area contributed by atoms with Gasteiger partial charge in [-0.15, -0.1) is 11.3 Å². The van der Waals surface area contributed by atoms with Crippen LogP contribution in [0.15, 0.2) is 12.1 Å². The molecule has 4 nitrogen and oxygen atoms in total. The molecular formula is C16H25N3OS. The number of aryl methyl sites for hydroxylation is 1. The highest BCUT2D eigenvalue weighted by Crippen LogP contribution is 2.46. The van der Waals surface area contributed by atoms with Gasteiger partial charge in [0.1, 0.15) is 11.7 Å². The first kappa shape index (κ1) is 15.0. The van der Waals surface area contributed by atoms with Crippen molar-refractivity contribution in [3.05, 3.63) is 21.9 Å². The number of thiophene rings is 1. The van der Waals surface area contributed by atoms with Gasteiger partial charge in [-0.1, -0.05) is 0 Å². The minimum absolute atomic E-state index is 0.0954. The van der Waals surface area contributed by atoms with E-state index in [-0.39, 0.29) is 11.7 Å². The van der Waals surface area contributed by atoms with Gasteiger partial charge in [-0.3, -0.25) is 10.1 Å². The van der Waals surface area contributed by atoms with E-state index in [2.05, 4.69) is 48.3 Å². The number of unbranched alkanes of at least 4 members (excludes halogenated alkanes) is 1. The summed E-state index contributed by atoms with van der Waals surface area (Å²) in [6.45, 7) is 4.08. The third kappa shape index (κ3) is 3.00. The van der Waals surface area contributed by atoms with Crippen LogP contribution in [0.3, 0.4) is 0 Å². The molecule has 1 spiro atoms. The van der Waals surface area contributed by atoms with E-state index in [1.807, 2.05) is 0 Å². The number of hydrogen-bond donors (Lipinski definition) is 1. The topological polar surface area (TPSA) is 35.6 Å². The van der Waals surface area contributed by atoms with E-state index in [1.165, 1.54) is 9.75 Å². The Morgan fingerprint density at radius 1 is 1.38 bits per heavy atom. The molecule has 1 unspecified atom stereocenters. The average Bonchev–Trinajstić information content (AvgIpc) is 3.01. The van der Waals surface area contributed by atoms with Crippen molar-refractivity contribution in [1.29, 1.82) is 0 Å². The lowest BCUT2D eigenvalue weighted by Gasteiger charge is -2.23. The van der Waals surface area contributed by atoms with Gasteiger partial charge in [0.25, 0.3) is 0 Å². The van der Waals surface area contributed by atoms with Gasteiger partial charge in [-0.05, 0) is 65.4 Å². The Morgan fingerprint density at radius 2 is 2.14 bits per heavy atom. The Hall–Kier alpha value is -0.910. The fourth-order valence-corrected chi connectivity index (χ4v) is 3.98. The summed E-state index contributed by atoms with van der Waals surface area (Å²) in [5.41, 5.74) is -0.218. The fourth-order valence-electron chi connectivity index (χ4n) is 3.04. The Balaban J connectivity index is 1.67. The van der Waals surface area contributed by atoms with Gasteiger partial charge in [-0.25, -0.2) is 0 Å². The largest absolute Gasteiger partial charge is 0.320 e. The van der Waals surface area contributed by atoms with Gasteiger partial charge >= 0.3 is 0 Å². The molecule has 2 heterocycles. The molecule has 3 rings (SSSR count). The maximum Gasteiger partial charge on any atom is 0.244 e. The number of carbonyl (C=O) groups excluding carboxylic acids is 1. The summed E-state index contributed by atoms with van der Waals surface area (Å²) in [5.74, 6) is 0.323. The molecule has 5 heteroatoms. The number of hydrogen-bond acceptors (Lipinski definition) is 4. The zero-order valence-electron chi connectivity index (χ0n) is 13.2. The molecule has 2 aliphatic rings. The van der Waals surface area contributed by atoms with Gasteiger partial charge < -0.3 is 9.80 Å². The lowest BCUT2D eigenvalue weighted by Crippen LogP contribution is -2.33. The molecule has 1 amide bonds. The Bertz CT molecular complexity index is 521. The number of carbonyl (C=O) groups is 1. The lowest BCUT2D eigenvalue weighted by molar-refractivity contribution is -0.130. The van der Waals surface area contributed by atoms with E-state index < -0.39 is 0 Å². The summed E-state index contributed by atoms with van der Waals surface area (Å²) >= 11 is 1.80. The molecule has 1 saturated carbocycles. The second-order valence-corrected chi connectivity index (χ2v) is 7.91. The van der Waals surface area contributed by atoms with Crippen molar-refractivity contribution in [3.8, 4) is 0 Å². The molecule has 0 bridgehead atoms. The van der Waals surface area contributed by atoms with Crippen molar-refractivity contribution in [3.63, 3.8) is 0 Å². The zero-order chi connectivity index (χ0) is 15.0. The summed E-state index contributed by atoms with van der Waals surface area (Å²) in [5, 5.41) is 3.60. The number of nitrogens with one attached hydrogen (secondary N) is 1. The normalized spacial score (nSPS) is 23.5. The van der Waals surface area contributed by atoms with Crippen LogP contribution in [0.2, 0.25) is 0 Å². The van der Waals surface area contributed by atoms with E-state index >= 15 is 0 Å². The highest BCUT2D eigenvalue weighted by Gasteiger charge is 2.59. The second-order valence-electron chi connectivity index (χ2n) is 6.59. The smallest absolute Gasteiger partial charge is 0.244 e. The molecule has 2 fully saturated rings. The van der Waals surface area contributed by atoms with Crippen LogP contribution in [0.25, 0.3) is 0 Å². The van der Waals surface area contributed by atoms with Crippen molar-refractivity contribution in [1.82, 2.24) is 15.1 Å². The highest BCUT2D eigenvalue weighted by atomic mass is 32.1. The molecule has 116 valence electrons. The monoisotopic (exact) mass is 307 g/mol. The molecule has 21 heavy (non-hydrogen) atoms. The third-order valence-corrected chi connectivity index (χ3v) is 5.48. The lowest BCUT2D eigenvalue weighted by atomic mass is 10.2. The minimum Gasteiger partial charge on any atom is -0.320 e. The van der Waals surface area contributed by atoms with Crippen LogP contribution in [-0.2, 0) is 4.79 Å². The average molecular weight is 307 g/mol. The van der Waals surface area contributed by atoms with Crippen molar-refractivity contribution >= 4 is 17.2 Å². The van der Waals surface area contributed by atoms with Crippen molar-refractivity contribution in [2.45, 2.75) is 44.3 Å². The first-order valence-electron chi connectivity index (χ1n) is 7.82. The third-order valence-electron chi connectivity index (χ3n) is 4.43. The molecule has 1 aromatic heterocycles. The van der Waals surface area contributed by atoms with Crippen LogP contribution in [-0.4, -0.2) is 48.4 Å². The van der Waals surface area contributed by atoms with E-state index in [9.17, 15) is 4.79 Å².